The third-order valence-electron chi connectivity index (χ3n) is 2.66. The van der Waals surface area contributed by atoms with Gasteiger partial charge >= 0.3 is 0 Å². The van der Waals surface area contributed by atoms with E-state index in [1.54, 1.807) is 18.6 Å². The highest BCUT2D eigenvalue weighted by Crippen LogP contribution is 2.29. The monoisotopic (exact) mass is 316 g/mol. The first-order valence-electron chi connectivity index (χ1n) is 5.24. The molecule has 1 heterocycles. The molecule has 96 valence electrons. The molecule has 3 nitrogen and oxygen atoms in total. The molecule has 6 heteroatoms. The van der Waals surface area contributed by atoms with Crippen molar-refractivity contribution in [2.75, 3.05) is 0 Å². The lowest BCUT2D eigenvalue weighted by atomic mass is 10.0. The number of nitrogens with two attached hydrogens (primary N) is 1. The largest absolute Gasteiger partial charge is 0.472 e. The SMILES string of the molecule is NNC(Cc1ccoc1)c1ccc(F)c(F)c1Br. The highest BCUT2D eigenvalue weighted by molar-refractivity contribution is 9.10. The molecular weight excluding hydrogens is 306 g/mol. The van der Waals surface area contributed by atoms with Gasteiger partial charge in [-0.05, 0) is 45.6 Å². The number of hydrogen-bond acceptors (Lipinski definition) is 3. The lowest BCUT2D eigenvalue weighted by molar-refractivity contribution is 0.490. The zero-order valence-electron chi connectivity index (χ0n) is 9.29. The van der Waals surface area contributed by atoms with Crippen molar-refractivity contribution in [3.05, 3.63) is 58.0 Å². The molecule has 0 fully saturated rings. The molecule has 1 aromatic heterocycles. The molecule has 0 aliphatic heterocycles. The van der Waals surface area contributed by atoms with Crippen molar-refractivity contribution in [1.29, 1.82) is 0 Å². The van der Waals surface area contributed by atoms with Crippen LogP contribution in [0.4, 0.5) is 8.78 Å². The molecule has 0 bridgehead atoms. The first-order valence-corrected chi connectivity index (χ1v) is 6.03. The second-order valence-electron chi connectivity index (χ2n) is 3.82. The third-order valence-corrected chi connectivity index (χ3v) is 3.47. The number of halogens is 3. The zero-order chi connectivity index (χ0) is 13.1. The minimum absolute atomic E-state index is 0.0777. The van der Waals surface area contributed by atoms with Crippen molar-refractivity contribution >= 4 is 15.9 Å². The Hall–Kier alpha value is -1.24. The van der Waals surface area contributed by atoms with Gasteiger partial charge < -0.3 is 4.42 Å². The Bertz CT molecular complexity index is 531. The van der Waals surface area contributed by atoms with E-state index in [0.29, 0.717) is 12.0 Å². The van der Waals surface area contributed by atoms with Crippen LogP contribution in [0.5, 0.6) is 0 Å². The highest BCUT2D eigenvalue weighted by Gasteiger charge is 2.18. The molecule has 2 rings (SSSR count). The molecule has 1 aromatic carbocycles. The Balaban J connectivity index is 2.30. The molecule has 18 heavy (non-hydrogen) atoms. The van der Waals surface area contributed by atoms with Crippen LogP contribution < -0.4 is 11.3 Å². The van der Waals surface area contributed by atoms with Gasteiger partial charge in [0.25, 0.3) is 0 Å². The Morgan fingerprint density at radius 3 is 2.72 bits per heavy atom. The average molecular weight is 317 g/mol. The lowest BCUT2D eigenvalue weighted by Crippen LogP contribution is -2.30. The number of benzene rings is 1. The molecule has 2 aromatic rings. The second kappa shape index (κ2) is 5.60. The van der Waals surface area contributed by atoms with Gasteiger partial charge in [0.15, 0.2) is 11.6 Å². The van der Waals surface area contributed by atoms with Gasteiger partial charge in [0.2, 0.25) is 0 Å². The molecule has 0 radical (unpaired) electrons. The van der Waals surface area contributed by atoms with E-state index < -0.39 is 11.6 Å². The number of rotatable bonds is 4. The Kier molecular flexibility index (Phi) is 4.11. The van der Waals surface area contributed by atoms with Crippen molar-refractivity contribution < 1.29 is 13.2 Å². The third kappa shape index (κ3) is 2.60. The van der Waals surface area contributed by atoms with E-state index in [2.05, 4.69) is 21.4 Å². The highest BCUT2D eigenvalue weighted by atomic mass is 79.9. The fourth-order valence-corrected chi connectivity index (χ4v) is 2.31. The van der Waals surface area contributed by atoms with Crippen LogP contribution in [0.25, 0.3) is 0 Å². The Labute approximate surface area is 111 Å². The number of hydrogen-bond donors (Lipinski definition) is 2. The quantitative estimate of drug-likeness (QED) is 0.518. The summed E-state index contributed by atoms with van der Waals surface area (Å²) in [6.07, 6.45) is 3.64. The summed E-state index contributed by atoms with van der Waals surface area (Å²) >= 11 is 3.04. The van der Waals surface area contributed by atoms with Gasteiger partial charge in [0.05, 0.1) is 23.0 Å². The summed E-state index contributed by atoms with van der Waals surface area (Å²) in [7, 11) is 0. The topological polar surface area (TPSA) is 51.2 Å². The average Bonchev–Trinajstić information content (AvgIpc) is 2.87. The first-order chi connectivity index (χ1) is 8.63. The molecule has 0 aliphatic rings. The fourth-order valence-electron chi connectivity index (χ4n) is 1.71. The molecule has 1 unspecified atom stereocenters. The first kappa shape index (κ1) is 13.2. The standard InChI is InChI=1S/C12H11BrF2N2O/c13-11-8(1-2-9(14)12(11)15)10(17-16)5-7-3-4-18-6-7/h1-4,6,10,17H,5,16H2. The van der Waals surface area contributed by atoms with Crippen LogP contribution in [-0.4, -0.2) is 0 Å². The van der Waals surface area contributed by atoms with E-state index in [9.17, 15) is 8.78 Å². The van der Waals surface area contributed by atoms with Crippen molar-refractivity contribution in [2.24, 2.45) is 5.84 Å². The summed E-state index contributed by atoms with van der Waals surface area (Å²) in [5, 5.41) is 0. The molecule has 0 amide bonds. The summed E-state index contributed by atoms with van der Waals surface area (Å²) in [6, 6.07) is 4.02. The van der Waals surface area contributed by atoms with Crippen molar-refractivity contribution in [2.45, 2.75) is 12.5 Å². The summed E-state index contributed by atoms with van der Waals surface area (Å²) in [5.74, 6) is 3.65. The fraction of sp³-hybridized carbons (Fsp3) is 0.167. The predicted molar refractivity (Wildman–Crippen MR) is 66.5 cm³/mol. The van der Waals surface area contributed by atoms with Gasteiger partial charge in [0, 0.05) is 0 Å². The minimum atomic E-state index is -0.917. The summed E-state index contributed by atoms with van der Waals surface area (Å²) in [6.45, 7) is 0. The second-order valence-corrected chi connectivity index (χ2v) is 4.61. The van der Waals surface area contributed by atoms with Crippen LogP contribution in [0.1, 0.15) is 17.2 Å². The van der Waals surface area contributed by atoms with Crippen molar-refractivity contribution in [1.82, 2.24) is 5.43 Å². The van der Waals surface area contributed by atoms with Crippen LogP contribution >= 0.6 is 15.9 Å². The van der Waals surface area contributed by atoms with E-state index in [4.69, 9.17) is 10.3 Å². The molecular formula is C12H11BrF2N2O. The molecule has 0 aliphatic carbocycles. The minimum Gasteiger partial charge on any atom is -0.472 e. The van der Waals surface area contributed by atoms with E-state index >= 15 is 0 Å². The smallest absolute Gasteiger partial charge is 0.173 e. The maximum Gasteiger partial charge on any atom is 0.173 e. The molecule has 0 saturated carbocycles. The maximum absolute atomic E-state index is 13.5. The molecule has 1 atom stereocenters. The number of hydrazine groups is 1. The Morgan fingerprint density at radius 2 is 2.11 bits per heavy atom. The van der Waals surface area contributed by atoms with Gasteiger partial charge in [-0.3, -0.25) is 11.3 Å². The Morgan fingerprint density at radius 1 is 1.33 bits per heavy atom. The van der Waals surface area contributed by atoms with Crippen molar-refractivity contribution in [3.8, 4) is 0 Å². The van der Waals surface area contributed by atoms with Crippen molar-refractivity contribution in [3.63, 3.8) is 0 Å². The van der Waals surface area contributed by atoms with Crippen LogP contribution in [0, 0.1) is 11.6 Å². The van der Waals surface area contributed by atoms with Gasteiger partial charge in [-0.1, -0.05) is 6.07 Å². The van der Waals surface area contributed by atoms with Crippen LogP contribution in [-0.2, 0) is 6.42 Å². The molecule has 3 N–H and O–H groups in total. The van der Waals surface area contributed by atoms with Crippen LogP contribution in [0.2, 0.25) is 0 Å². The normalized spacial score (nSPS) is 12.7. The summed E-state index contributed by atoms with van der Waals surface area (Å²) in [4.78, 5) is 0. The number of furan rings is 1. The van der Waals surface area contributed by atoms with E-state index in [-0.39, 0.29) is 10.5 Å². The lowest BCUT2D eigenvalue weighted by Gasteiger charge is -2.17. The molecule has 0 spiro atoms. The predicted octanol–water partition coefficient (Wildman–Crippen LogP) is 3.07. The number of nitrogens with one attached hydrogen (secondary N) is 1. The summed E-state index contributed by atoms with van der Waals surface area (Å²) in [5.41, 5.74) is 4.05. The van der Waals surface area contributed by atoms with Crippen LogP contribution in [0.15, 0.2) is 39.6 Å². The van der Waals surface area contributed by atoms with Gasteiger partial charge in [-0.25, -0.2) is 8.78 Å². The van der Waals surface area contributed by atoms with Gasteiger partial charge in [-0.2, -0.15) is 0 Å². The van der Waals surface area contributed by atoms with Crippen LogP contribution in [0.3, 0.4) is 0 Å². The maximum atomic E-state index is 13.5. The van der Waals surface area contributed by atoms with E-state index in [0.717, 1.165) is 11.6 Å². The van der Waals surface area contributed by atoms with E-state index in [1.165, 1.54) is 6.07 Å². The van der Waals surface area contributed by atoms with Gasteiger partial charge in [0.1, 0.15) is 0 Å². The van der Waals surface area contributed by atoms with E-state index in [1.807, 2.05) is 0 Å². The zero-order valence-corrected chi connectivity index (χ0v) is 10.9. The van der Waals surface area contributed by atoms with Gasteiger partial charge in [-0.15, -0.1) is 0 Å². The molecule has 0 saturated heterocycles. The summed E-state index contributed by atoms with van der Waals surface area (Å²) < 4.78 is 31.5.